The molecule has 0 bridgehead atoms. The summed E-state index contributed by atoms with van der Waals surface area (Å²) in [7, 11) is 0. The molecule has 1 fully saturated rings. The maximum atomic E-state index is 11.9. The quantitative estimate of drug-likeness (QED) is 0.866. The van der Waals surface area contributed by atoms with Crippen molar-refractivity contribution in [3.8, 4) is 12.0 Å². The predicted molar refractivity (Wildman–Crippen MR) is 83.6 cm³/mol. The smallest absolute Gasteiger partial charge is 0.422 e. The lowest BCUT2D eigenvalue weighted by Crippen LogP contribution is -2.22. The van der Waals surface area contributed by atoms with Crippen molar-refractivity contribution in [3.63, 3.8) is 0 Å². The summed E-state index contributed by atoms with van der Waals surface area (Å²) in [6.07, 6.45) is -0.403. The Kier molecular flexibility index (Phi) is 4.08. The number of ether oxygens (including phenoxy) is 1. The van der Waals surface area contributed by atoms with Crippen LogP contribution in [0.2, 0.25) is 0 Å². The van der Waals surface area contributed by atoms with E-state index in [0.29, 0.717) is 13.2 Å². The van der Waals surface area contributed by atoms with Gasteiger partial charge in [-0.15, -0.1) is 0 Å². The fraction of sp³-hybridized carbons (Fsp3) is 0.167. The molecule has 1 heterocycles. The molecular formula is C18H16N2O2. The number of hydrogen-bond donors (Lipinski definition) is 1. The lowest BCUT2D eigenvalue weighted by atomic mass is 10.1. The molecule has 1 aliphatic heterocycles. The molecule has 0 saturated carbocycles. The predicted octanol–water partition coefficient (Wildman–Crippen LogP) is 2.65. The fourth-order valence-corrected chi connectivity index (χ4v) is 2.31. The van der Waals surface area contributed by atoms with E-state index in [-0.39, 0.29) is 6.04 Å². The minimum Gasteiger partial charge on any atom is -0.446 e. The Balaban J connectivity index is 1.83. The first-order valence-corrected chi connectivity index (χ1v) is 7.09. The molecule has 0 aliphatic carbocycles. The van der Waals surface area contributed by atoms with E-state index >= 15 is 0 Å². The van der Waals surface area contributed by atoms with E-state index in [1.54, 1.807) is 0 Å². The summed E-state index contributed by atoms with van der Waals surface area (Å²) in [6.45, 7) is 0.825. The summed E-state index contributed by atoms with van der Waals surface area (Å²) in [6, 6.07) is 20.2. The molecule has 1 aliphatic rings. The molecule has 0 radical (unpaired) electrons. The van der Waals surface area contributed by atoms with E-state index in [1.165, 1.54) is 4.90 Å². The number of rotatable bonds is 2. The summed E-state index contributed by atoms with van der Waals surface area (Å²) in [5.74, 6) is 3.00. The molecule has 0 aromatic heterocycles. The number of cyclic esters (lactones) is 1. The van der Waals surface area contributed by atoms with Gasteiger partial charge in [0.1, 0.15) is 12.6 Å². The summed E-state index contributed by atoms with van der Waals surface area (Å²) in [5, 5.41) is 0. The van der Waals surface area contributed by atoms with Crippen LogP contribution in [0.3, 0.4) is 0 Å². The van der Waals surface area contributed by atoms with Crippen LogP contribution >= 0.6 is 0 Å². The second kappa shape index (κ2) is 6.33. The molecule has 4 nitrogen and oxygen atoms in total. The number of hydrogen-bond acceptors (Lipinski definition) is 3. The van der Waals surface area contributed by atoms with E-state index in [4.69, 9.17) is 10.5 Å². The SMILES string of the molecule is NCc1ccc(C#CN2C(=O)OC[C@@H]2c2ccccc2)cc1. The third-order valence-corrected chi connectivity index (χ3v) is 3.57. The molecule has 0 spiro atoms. The van der Waals surface area contributed by atoms with Gasteiger partial charge in [-0.2, -0.15) is 0 Å². The van der Waals surface area contributed by atoms with Crippen LogP contribution in [0.25, 0.3) is 0 Å². The van der Waals surface area contributed by atoms with Gasteiger partial charge in [0.15, 0.2) is 0 Å². The third-order valence-electron chi connectivity index (χ3n) is 3.57. The van der Waals surface area contributed by atoms with Gasteiger partial charge in [-0.3, -0.25) is 0 Å². The van der Waals surface area contributed by atoms with Crippen molar-refractivity contribution in [2.45, 2.75) is 12.6 Å². The highest BCUT2D eigenvalue weighted by molar-refractivity contribution is 5.73. The zero-order valence-electron chi connectivity index (χ0n) is 12.0. The molecule has 1 saturated heterocycles. The average Bonchev–Trinajstić information content (AvgIpc) is 2.95. The Bertz CT molecular complexity index is 714. The normalized spacial score (nSPS) is 16.9. The topological polar surface area (TPSA) is 55.6 Å². The van der Waals surface area contributed by atoms with Crippen molar-refractivity contribution >= 4 is 6.09 Å². The molecule has 1 atom stereocenters. The molecule has 110 valence electrons. The van der Waals surface area contributed by atoms with Crippen molar-refractivity contribution in [2.24, 2.45) is 5.73 Å². The number of amides is 1. The molecule has 2 aromatic carbocycles. The lowest BCUT2D eigenvalue weighted by molar-refractivity contribution is 0.167. The van der Waals surface area contributed by atoms with Crippen LogP contribution in [-0.4, -0.2) is 17.6 Å². The van der Waals surface area contributed by atoms with Gasteiger partial charge in [0, 0.05) is 18.2 Å². The van der Waals surface area contributed by atoms with E-state index in [9.17, 15) is 4.79 Å². The van der Waals surface area contributed by atoms with Gasteiger partial charge in [0.05, 0.1) is 0 Å². The molecule has 2 aromatic rings. The number of nitrogens with two attached hydrogens (primary N) is 1. The third kappa shape index (κ3) is 2.95. The van der Waals surface area contributed by atoms with Crippen molar-refractivity contribution < 1.29 is 9.53 Å². The minimum atomic E-state index is -0.403. The number of carbonyl (C=O) groups excluding carboxylic acids is 1. The monoisotopic (exact) mass is 292 g/mol. The van der Waals surface area contributed by atoms with Crippen LogP contribution in [0.4, 0.5) is 4.79 Å². The zero-order chi connectivity index (χ0) is 15.4. The van der Waals surface area contributed by atoms with E-state index in [2.05, 4.69) is 12.0 Å². The Morgan fingerprint density at radius 3 is 2.55 bits per heavy atom. The van der Waals surface area contributed by atoms with E-state index < -0.39 is 6.09 Å². The van der Waals surface area contributed by atoms with Crippen molar-refractivity contribution in [3.05, 3.63) is 71.3 Å². The van der Waals surface area contributed by atoms with Crippen LogP contribution in [0.1, 0.15) is 22.7 Å². The van der Waals surface area contributed by atoms with Crippen molar-refractivity contribution in [2.75, 3.05) is 6.61 Å². The summed E-state index contributed by atoms with van der Waals surface area (Å²) in [4.78, 5) is 13.3. The van der Waals surface area contributed by atoms with Crippen molar-refractivity contribution in [1.82, 2.24) is 4.90 Å². The highest BCUT2D eigenvalue weighted by Crippen LogP contribution is 2.26. The van der Waals surface area contributed by atoms with Crippen LogP contribution in [0.5, 0.6) is 0 Å². The van der Waals surface area contributed by atoms with Crippen LogP contribution in [0, 0.1) is 12.0 Å². The van der Waals surface area contributed by atoms with E-state index in [0.717, 1.165) is 16.7 Å². The molecule has 0 unspecified atom stereocenters. The molecule has 22 heavy (non-hydrogen) atoms. The second-order valence-corrected chi connectivity index (χ2v) is 5.01. The Morgan fingerprint density at radius 1 is 1.14 bits per heavy atom. The molecule has 2 N–H and O–H groups in total. The van der Waals surface area contributed by atoms with Gasteiger partial charge in [-0.05, 0) is 29.2 Å². The average molecular weight is 292 g/mol. The van der Waals surface area contributed by atoms with Crippen LogP contribution in [-0.2, 0) is 11.3 Å². The first-order chi connectivity index (χ1) is 10.8. The minimum absolute atomic E-state index is 0.162. The standard InChI is InChI=1S/C18H16N2O2/c19-12-15-8-6-14(7-9-15)10-11-20-17(13-22-18(20)21)16-4-2-1-3-5-16/h1-9,17H,12-13,19H2/t17-/m1/s1. The van der Waals surface area contributed by atoms with E-state index in [1.807, 2.05) is 54.6 Å². The van der Waals surface area contributed by atoms with Gasteiger partial charge < -0.3 is 10.5 Å². The largest absolute Gasteiger partial charge is 0.446 e. The molecule has 3 rings (SSSR count). The van der Waals surface area contributed by atoms with Gasteiger partial charge in [-0.1, -0.05) is 42.5 Å². The van der Waals surface area contributed by atoms with Gasteiger partial charge >= 0.3 is 6.09 Å². The Morgan fingerprint density at radius 2 is 1.86 bits per heavy atom. The molecule has 4 heteroatoms. The first kappa shape index (κ1) is 14.2. The van der Waals surface area contributed by atoms with Gasteiger partial charge in [0.2, 0.25) is 0 Å². The maximum Gasteiger partial charge on any atom is 0.422 e. The lowest BCUT2D eigenvalue weighted by Gasteiger charge is -2.14. The maximum absolute atomic E-state index is 11.9. The summed E-state index contributed by atoms with van der Waals surface area (Å²) >= 11 is 0. The number of carbonyl (C=O) groups is 1. The first-order valence-electron chi connectivity index (χ1n) is 7.09. The summed E-state index contributed by atoms with van der Waals surface area (Å²) in [5.41, 5.74) is 8.47. The Labute approximate surface area is 129 Å². The summed E-state index contributed by atoms with van der Waals surface area (Å²) < 4.78 is 5.13. The molecular weight excluding hydrogens is 276 g/mol. The van der Waals surface area contributed by atoms with Crippen LogP contribution in [0.15, 0.2) is 54.6 Å². The highest BCUT2D eigenvalue weighted by atomic mass is 16.6. The second-order valence-electron chi connectivity index (χ2n) is 5.01. The number of nitrogens with zero attached hydrogens (tertiary/aromatic N) is 1. The zero-order valence-corrected chi connectivity index (χ0v) is 12.0. The fourth-order valence-electron chi connectivity index (χ4n) is 2.31. The van der Waals surface area contributed by atoms with Crippen LogP contribution < -0.4 is 5.73 Å². The Hall–Kier alpha value is -2.77. The van der Waals surface area contributed by atoms with Gasteiger partial charge in [0.25, 0.3) is 0 Å². The highest BCUT2D eigenvalue weighted by Gasteiger charge is 2.33. The van der Waals surface area contributed by atoms with Gasteiger partial charge in [-0.25, -0.2) is 9.69 Å². The number of benzene rings is 2. The molecule has 1 amide bonds. The van der Waals surface area contributed by atoms with Crippen molar-refractivity contribution in [1.29, 1.82) is 0 Å².